The fraction of sp³-hybridized carbons (Fsp3) is 0. The molecule has 0 aliphatic heterocycles. The average Bonchev–Trinajstić information content (AvgIpc) is 1.57. The maximum atomic E-state index is 9.88. The summed E-state index contributed by atoms with van der Waals surface area (Å²) in [5, 5.41) is -3.71. The van der Waals surface area contributed by atoms with Crippen LogP contribution in [0, 0.1) is 0 Å². The van der Waals surface area contributed by atoms with Gasteiger partial charge in [-0.15, -0.1) is 0 Å². The molecule has 0 unspecified atom stereocenters. The summed E-state index contributed by atoms with van der Waals surface area (Å²) in [5.41, 5.74) is -3.01. The van der Waals surface area contributed by atoms with Crippen LogP contribution in [0.5, 0.6) is 0 Å². The maximum Gasteiger partial charge on any atom is 0.143 e. The van der Waals surface area contributed by atoms with Crippen molar-refractivity contribution in [3.8, 4) is 66.8 Å². The first-order valence-corrected chi connectivity index (χ1v) is 31.5. The molecule has 0 aliphatic carbocycles. The summed E-state index contributed by atoms with van der Waals surface area (Å²) in [7, 11) is 0. The summed E-state index contributed by atoms with van der Waals surface area (Å²) in [5.74, 6) is 0. The minimum Gasteiger partial charge on any atom is -0.455 e. The first kappa shape index (κ1) is 28.8. The van der Waals surface area contributed by atoms with Crippen molar-refractivity contribution in [3.05, 3.63) is 363 Å². The molecule has 22 rings (SSSR count). The fourth-order valence-corrected chi connectivity index (χ4v) is 13.8. The zero-order chi connectivity index (χ0) is 106. The maximum absolute atomic E-state index is 9.88. The number of benzene rings is 20. The fourth-order valence-electron chi connectivity index (χ4n) is 13.8. The average molecular weight is 1340 g/mol. The molecule has 0 radical (unpaired) electrons. The number of para-hydroxylation sites is 2. The van der Waals surface area contributed by atoms with E-state index in [0.29, 0.717) is 10.9 Å². The van der Waals surface area contributed by atoms with Gasteiger partial charge in [-0.3, -0.25) is 0 Å². The molecule has 0 aliphatic rings. The summed E-state index contributed by atoms with van der Waals surface area (Å²) in [6.45, 7) is 0. The number of hydrogen-bond acceptors (Lipinski definition) is 2. The van der Waals surface area contributed by atoms with Crippen LogP contribution >= 0.6 is 0 Å². The number of fused-ring (bicyclic) bond motifs is 18. The summed E-state index contributed by atoms with van der Waals surface area (Å²) in [6, 6.07) is -8.52. The second-order valence-electron chi connectivity index (χ2n) is 23.7. The summed E-state index contributed by atoms with van der Waals surface area (Å²) < 4.78 is 419. The molecule has 2 nitrogen and oxygen atoms in total. The van der Waals surface area contributed by atoms with Crippen molar-refractivity contribution >= 4 is 152 Å². The van der Waals surface area contributed by atoms with Crippen molar-refractivity contribution in [2.75, 3.05) is 0 Å². The van der Waals surface area contributed by atoms with Crippen LogP contribution in [0.1, 0.15) is 61.7 Å². The van der Waals surface area contributed by atoms with Gasteiger partial charge in [-0.05, 0) is 206 Å². The van der Waals surface area contributed by atoms with E-state index in [1.54, 1.807) is 12.1 Å². The SMILES string of the molecule is [2H]c1c([2H])c([2H])c2c([2H])c(-c3c4c([2H])c([2H])c([2H])c([2H])c4c(-c4ccc5cc(-c6cccc7c6oc6ccc8ccccc8c67)ccc5c4)c4c([2H])c([2H])c([2H])c([2H])c34)c([2H])c([2H])c2c1[2H].[2H]c1c([2H])c([2H])c2c(oc3c([2H])c([2H])c4c([2H])c([2H])c([2H])c([2H])c4c32)c1-c1c([2H])c([2H])c2c([2H])c(-c3c4c([2H])c([2H])c([2H])c([2H])c4c(-c4c([2H])c([2H])c([2H])c5c([2H])c([2H])c([2H])c([2H])c45)c4c([2H])c([2H])c([2H])c([2H])c34)c([2H])c([2H])c2c1[2H]. The molecule has 0 saturated heterocycles. The van der Waals surface area contributed by atoms with Crippen molar-refractivity contribution in [3.63, 3.8) is 0 Å². The van der Waals surface area contributed by atoms with Crippen LogP contribution in [0.3, 0.4) is 0 Å². The van der Waals surface area contributed by atoms with Crippen LogP contribution < -0.4 is 0 Å². The molecule has 2 aromatic heterocycles. The molecule has 22 aromatic rings. The molecular formula is C100H60O2. The molecule has 0 spiro atoms. The number of hydrogen-bond donors (Lipinski definition) is 0. The van der Waals surface area contributed by atoms with E-state index >= 15 is 0 Å². The first-order chi connectivity index (χ1) is 69.3. The van der Waals surface area contributed by atoms with E-state index in [1.807, 2.05) is 66.7 Å². The predicted octanol–water partition coefficient (Wildman–Crippen LogP) is 28.7. The van der Waals surface area contributed by atoms with Gasteiger partial charge in [0.25, 0.3) is 0 Å². The third-order valence-corrected chi connectivity index (χ3v) is 18.3. The third-order valence-electron chi connectivity index (χ3n) is 18.3. The van der Waals surface area contributed by atoms with Gasteiger partial charge in [-0.2, -0.15) is 0 Å². The summed E-state index contributed by atoms with van der Waals surface area (Å²) >= 11 is 0. The van der Waals surface area contributed by atoms with Gasteiger partial charge in [0.05, 0.1) is 61.7 Å². The van der Waals surface area contributed by atoms with Gasteiger partial charge in [0, 0.05) is 32.7 Å². The molecule has 0 bridgehead atoms. The summed E-state index contributed by atoms with van der Waals surface area (Å²) in [4.78, 5) is 0. The Bertz CT molecular complexity index is 9960. The van der Waals surface area contributed by atoms with Crippen molar-refractivity contribution in [1.29, 1.82) is 0 Å². The molecule has 2 heterocycles. The molecular weight excluding hydrogens is 1230 g/mol. The molecule has 0 N–H and O–H groups in total. The van der Waals surface area contributed by atoms with Gasteiger partial charge in [-0.1, -0.05) is 321 Å². The van der Waals surface area contributed by atoms with E-state index in [9.17, 15) is 23.3 Å². The second-order valence-corrected chi connectivity index (χ2v) is 23.7. The minimum absolute atomic E-state index is 0.0415. The topological polar surface area (TPSA) is 26.3 Å². The molecule has 0 atom stereocenters. The van der Waals surface area contributed by atoms with Crippen LogP contribution in [0.2, 0.25) is 0 Å². The molecule has 472 valence electrons. The lowest BCUT2D eigenvalue weighted by molar-refractivity contribution is 0.670. The van der Waals surface area contributed by atoms with E-state index in [0.717, 1.165) is 49.2 Å². The highest BCUT2D eigenvalue weighted by Crippen LogP contribution is 2.49. The van der Waals surface area contributed by atoms with Gasteiger partial charge < -0.3 is 8.83 Å². The highest BCUT2D eigenvalue weighted by Gasteiger charge is 2.22. The Morgan fingerprint density at radius 1 is 0.196 bits per heavy atom. The third kappa shape index (κ3) is 9.13. The Morgan fingerprint density at radius 3 is 1.28 bits per heavy atom. The predicted molar refractivity (Wildman–Crippen MR) is 435 cm³/mol. The van der Waals surface area contributed by atoms with Gasteiger partial charge in [0.1, 0.15) is 22.3 Å². The standard InChI is InChI=1S/2C50H30O/c1-3-14-37-31(11-1)13-9-21-40(37)48-43-18-7-5-16-41(43)47(42-17-6-8-19-44(42)48)36-26-24-33-29-35(25-23-34(33)30-36)39-20-10-22-45-49-38-15-4-2-12-32(38)27-28-46(49)51-50(39)45;1-2-12-33-29-37(24-20-31(33)10-1)47-41-14-5-7-16-43(41)48(44-17-8-6-15-42(44)47)38-25-22-34-28-36(23-21-35(34)30-38)40-18-9-19-45-49-39-13-4-3-11-32(39)26-27-46(49)51-50(40)45/h2*1-30H/i1D,2D,3D,4D,5D,6D,7D,8D,9D,10D,11D,12D,13D,14D,15D,16D,17D,18D,19D,20D,21D,22D,23D,24D,25D,26D,27D,28D,29D,30D;1D,2D,5D,6D,7D,8D,10D,12D,14D,15D,16D,17D,20D,24D,29D. The van der Waals surface area contributed by atoms with Crippen LogP contribution in [0.4, 0.5) is 0 Å². The lowest BCUT2D eigenvalue weighted by Crippen LogP contribution is -1.91. The Balaban J connectivity index is 0.000000176. The van der Waals surface area contributed by atoms with Gasteiger partial charge in [0.15, 0.2) is 0 Å². The van der Waals surface area contributed by atoms with Gasteiger partial charge in [0.2, 0.25) is 0 Å². The zero-order valence-corrected chi connectivity index (χ0v) is 52.0. The van der Waals surface area contributed by atoms with Crippen molar-refractivity contribution in [2.45, 2.75) is 0 Å². The lowest BCUT2D eigenvalue weighted by Gasteiger charge is -2.19. The first-order valence-electron chi connectivity index (χ1n) is 54.0. The van der Waals surface area contributed by atoms with Crippen LogP contribution in [0.15, 0.2) is 372 Å². The van der Waals surface area contributed by atoms with E-state index in [2.05, 4.69) is 12.1 Å². The van der Waals surface area contributed by atoms with Crippen LogP contribution in [-0.2, 0) is 0 Å². The van der Waals surface area contributed by atoms with Gasteiger partial charge in [-0.25, -0.2) is 0 Å². The van der Waals surface area contributed by atoms with Crippen LogP contribution in [0.25, 0.3) is 218 Å². The van der Waals surface area contributed by atoms with Crippen LogP contribution in [-0.4, -0.2) is 0 Å². The Kier molecular flexibility index (Phi) is 6.53. The smallest absolute Gasteiger partial charge is 0.143 e. The minimum atomic E-state index is -1.10. The lowest BCUT2D eigenvalue weighted by atomic mass is 9.84. The van der Waals surface area contributed by atoms with Crippen molar-refractivity contribution in [2.24, 2.45) is 0 Å². The van der Waals surface area contributed by atoms with E-state index in [-0.39, 0.29) is 38.1 Å². The van der Waals surface area contributed by atoms with E-state index < -0.39 is 392 Å². The molecule has 0 fully saturated rings. The highest BCUT2D eigenvalue weighted by atomic mass is 16.3. The largest absolute Gasteiger partial charge is 0.455 e. The van der Waals surface area contributed by atoms with Crippen molar-refractivity contribution < 1.29 is 70.5 Å². The molecule has 2 heteroatoms. The quantitative estimate of drug-likeness (QED) is 0.155. The monoisotopic (exact) mass is 1340 g/mol. The van der Waals surface area contributed by atoms with E-state index in [1.165, 1.54) is 0 Å². The molecule has 0 saturated carbocycles. The highest BCUT2D eigenvalue weighted by molar-refractivity contribution is 6.27. The summed E-state index contributed by atoms with van der Waals surface area (Å²) in [6.07, 6.45) is 0. The van der Waals surface area contributed by atoms with E-state index in [4.69, 9.17) is 47.2 Å². The number of rotatable bonds is 6. The normalized spacial score (nSPS) is 18.1. The zero-order valence-electron chi connectivity index (χ0n) is 97.0. The van der Waals surface area contributed by atoms with Gasteiger partial charge >= 0.3 is 0 Å². The Labute approximate surface area is 650 Å². The molecule has 20 aromatic carbocycles. The molecule has 0 amide bonds. The molecule has 102 heavy (non-hydrogen) atoms. The Hall–Kier alpha value is -13.4. The van der Waals surface area contributed by atoms with Crippen molar-refractivity contribution in [1.82, 2.24) is 0 Å². The Morgan fingerprint density at radius 2 is 0.618 bits per heavy atom. The second kappa shape index (κ2) is 23.1. The number of furan rings is 2.